The van der Waals surface area contributed by atoms with E-state index in [0.717, 1.165) is 36.1 Å². The number of fused-ring (bicyclic) bond motifs is 1. The highest BCUT2D eigenvalue weighted by atomic mass is 16.3. The Hall–Kier alpha value is -2.31. The van der Waals surface area contributed by atoms with Gasteiger partial charge >= 0.3 is 0 Å². The number of aromatic nitrogens is 4. The van der Waals surface area contributed by atoms with E-state index in [1.54, 1.807) is 17.1 Å². The van der Waals surface area contributed by atoms with Crippen molar-refractivity contribution in [3.63, 3.8) is 0 Å². The first-order valence-corrected chi connectivity index (χ1v) is 8.25. The molecule has 1 atom stereocenters. The van der Waals surface area contributed by atoms with Crippen molar-refractivity contribution in [2.75, 3.05) is 13.1 Å². The summed E-state index contributed by atoms with van der Waals surface area (Å²) >= 11 is 0. The van der Waals surface area contributed by atoms with Crippen LogP contribution in [0.1, 0.15) is 17.7 Å². The van der Waals surface area contributed by atoms with E-state index in [0.29, 0.717) is 13.1 Å². The quantitative estimate of drug-likeness (QED) is 0.792. The van der Waals surface area contributed by atoms with Crippen LogP contribution >= 0.6 is 0 Å². The number of rotatable bonds is 4. The fraction of sp³-hybridized carbons (Fsp3) is 0.389. The Morgan fingerprint density at radius 3 is 3.00 bits per heavy atom. The third kappa shape index (κ3) is 3.16. The molecule has 1 unspecified atom stereocenters. The number of likely N-dealkylation sites (tertiary alicyclic amines) is 1. The highest BCUT2D eigenvalue weighted by Crippen LogP contribution is 2.25. The molecule has 1 aliphatic rings. The maximum Gasteiger partial charge on any atom is 0.0981 e. The number of benzene rings is 1. The van der Waals surface area contributed by atoms with Crippen LogP contribution in [-0.2, 0) is 13.1 Å². The first-order valence-electron chi connectivity index (χ1n) is 8.25. The van der Waals surface area contributed by atoms with Crippen LogP contribution in [0.15, 0.2) is 42.7 Å². The highest BCUT2D eigenvalue weighted by Gasteiger charge is 2.36. The van der Waals surface area contributed by atoms with E-state index in [4.69, 9.17) is 0 Å². The summed E-state index contributed by atoms with van der Waals surface area (Å²) in [6, 6.07) is 10.6. The van der Waals surface area contributed by atoms with E-state index >= 15 is 0 Å². The van der Waals surface area contributed by atoms with Crippen molar-refractivity contribution in [3.8, 4) is 0 Å². The molecule has 24 heavy (non-hydrogen) atoms. The predicted molar refractivity (Wildman–Crippen MR) is 91.3 cm³/mol. The van der Waals surface area contributed by atoms with Crippen LogP contribution in [0, 0.1) is 6.92 Å². The van der Waals surface area contributed by atoms with Gasteiger partial charge in [-0.3, -0.25) is 9.88 Å². The Morgan fingerprint density at radius 2 is 2.17 bits per heavy atom. The number of pyridine rings is 1. The van der Waals surface area contributed by atoms with Gasteiger partial charge < -0.3 is 5.11 Å². The number of aliphatic hydroxyl groups is 1. The average Bonchev–Trinajstić information content (AvgIpc) is 3.18. The summed E-state index contributed by atoms with van der Waals surface area (Å²) in [4.78, 5) is 6.84. The molecule has 1 aliphatic heterocycles. The van der Waals surface area contributed by atoms with Crippen LogP contribution in [0.2, 0.25) is 0 Å². The van der Waals surface area contributed by atoms with Gasteiger partial charge in [-0.25, -0.2) is 4.68 Å². The Kier molecular flexibility index (Phi) is 3.78. The zero-order chi connectivity index (χ0) is 16.6. The molecule has 0 radical (unpaired) electrons. The minimum absolute atomic E-state index is 0.490. The summed E-state index contributed by atoms with van der Waals surface area (Å²) < 4.78 is 1.70. The van der Waals surface area contributed by atoms with Crippen LogP contribution in [0.5, 0.6) is 0 Å². The van der Waals surface area contributed by atoms with Crippen LogP contribution in [0.3, 0.4) is 0 Å². The van der Waals surface area contributed by atoms with Crippen molar-refractivity contribution in [1.82, 2.24) is 24.9 Å². The second-order valence-corrected chi connectivity index (χ2v) is 6.77. The second kappa shape index (κ2) is 5.96. The molecule has 3 heterocycles. The van der Waals surface area contributed by atoms with Crippen molar-refractivity contribution in [2.45, 2.75) is 32.0 Å². The lowest BCUT2D eigenvalue weighted by molar-refractivity contribution is 0.0274. The fourth-order valence-corrected chi connectivity index (χ4v) is 3.46. The van der Waals surface area contributed by atoms with E-state index in [1.807, 2.05) is 13.0 Å². The molecule has 2 aromatic heterocycles. The van der Waals surface area contributed by atoms with Gasteiger partial charge in [-0.2, -0.15) is 0 Å². The lowest BCUT2D eigenvalue weighted by atomic mass is 10.0. The third-order valence-corrected chi connectivity index (χ3v) is 4.64. The van der Waals surface area contributed by atoms with Crippen LogP contribution in [0.25, 0.3) is 10.9 Å². The molecular formula is C18H21N5O. The number of aryl methyl sites for hydroxylation is 1. The molecule has 6 nitrogen and oxygen atoms in total. The molecule has 0 aliphatic carbocycles. The third-order valence-electron chi connectivity index (χ3n) is 4.64. The smallest absolute Gasteiger partial charge is 0.0981 e. The van der Waals surface area contributed by atoms with E-state index in [1.165, 1.54) is 5.56 Å². The number of nitrogens with zero attached hydrogens (tertiary/aromatic N) is 5. The van der Waals surface area contributed by atoms with Crippen molar-refractivity contribution < 1.29 is 5.11 Å². The summed E-state index contributed by atoms with van der Waals surface area (Å²) in [5.74, 6) is 0. The van der Waals surface area contributed by atoms with Crippen LogP contribution in [-0.4, -0.2) is 48.7 Å². The van der Waals surface area contributed by atoms with Crippen LogP contribution < -0.4 is 0 Å². The van der Waals surface area contributed by atoms with Gasteiger partial charge in [0.25, 0.3) is 0 Å². The zero-order valence-electron chi connectivity index (χ0n) is 13.8. The fourth-order valence-electron chi connectivity index (χ4n) is 3.46. The molecular weight excluding hydrogens is 302 g/mol. The summed E-state index contributed by atoms with van der Waals surface area (Å²) in [5, 5.41) is 19.7. The Balaban J connectivity index is 1.45. The molecule has 6 heteroatoms. The predicted octanol–water partition coefficient (Wildman–Crippen LogP) is 1.77. The minimum atomic E-state index is -0.733. The van der Waals surface area contributed by atoms with Gasteiger partial charge in [0.15, 0.2) is 0 Å². The zero-order valence-corrected chi connectivity index (χ0v) is 13.8. The molecule has 0 bridgehead atoms. The van der Waals surface area contributed by atoms with Gasteiger partial charge in [0, 0.05) is 36.9 Å². The molecule has 0 amide bonds. The average molecular weight is 323 g/mol. The number of β-amino-alcohol motifs (C(OH)–C–C–N with tert-alkyl or cyclic N) is 1. The highest BCUT2D eigenvalue weighted by molar-refractivity contribution is 5.79. The number of hydrogen-bond donors (Lipinski definition) is 1. The molecule has 1 fully saturated rings. The maximum absolute atomic E-state index is 10.8. The normalized spacial score (nSPS) is 21.6. The Morgan fingerprint density at radius 1 is 1.25 bits per heavy atom. The summed E-state index contributed by atoms with van der Waals surface area (Å²) in [6.45, 7) is 4.87. The molecule has 124 valence electrons. The number of hydrogen-bond acceptors (Lipinski definition) is 5. The Bertz CT molecular complexity index is 848. The first-order chi connectivity index (χ1) is 11.6. The molecule has 1 saturated heterocycles. The van der Waals surface area contributed by atoms with Gasteiger partial charge in [0.2, 0.25) is 0 Å². The second-order valence-electron chi connectivity index (χ2n) is 6.77. The van der Waals surface area contributed by atoms with E-state index < -0.39 is 5.60 Å². The van der Waals surface area contributed by atoms with E-state index in [2.05, 4.69) is 44.5 Å². The first kappa shape index (κ1) is 15.2. The molecule has 3 aromatic rings. The van der Waals surface area contributed by atoms with Crippen molar-refractivity contribution >= 4 is 10.9 Å². The molecule has 0 spiro atoms. The lowest BCUT2D eigenvalue weighted by Crippen LogP contribution is -2.37. The molecule has 1 aromatic carbocycles. The van der Waals surface area contributed by atoms with E-state index in [9.17, 15) is 5.11 Å². The maximum atomic E-state index is 10.8. The van der Waals surface area contributed by atoms with Gasteiger partial charge in [-0.05, 0) is 37.1 Å². The molecule has 0 saturated carbocycles. The van der Waals surface area contributed by atoms with Crippen molar-refractivity contribution in [1.29, 1.82) is 0 Å². The van der Waals surface area contributed by atoms with E-state index in [-0.39, 0.29) is 0 Å². The summed E-state index contributed by atoms with van der Waals surface area (Å²) in [5.41, 5.74) is 2.58. The van der Waals surface area contributed by atoms with Gasteiger partial charge in [0.1, 0.15) is 0 Å². The largest absolute Gasteiger partial charge is 0.387 e. The summed E-state index contributed by atoms with van der Waals surface area (Å²) in [7, 11) is 0. The van der Waals surface area contributed by atoms with Gasteiger partial charge in [0.05, 0.1) is 23.9 Å². The van der Waals surface area contributed by atoms with Gasteiger partial charge in [-0.1, -0.05) is 17.3 Å². The van der Waals surface area contributed by atoms with Gasteiger partial charge in [-0.15, -0.1) is 5.10 Å². The van der Waals surface area contributed by atoms with Crippen molar-refractivity contribution in [2.24, 2.45) is 0 Å². The van der Waals surface area contributed by atoms with Crippen LogP contribution in [0.4, 0.5) is 0 Å². The standard InChI is InChI=1S/C18H21N5O/c1-14-2-4-16-10-15(3-5-17(16)20-14)11-22-8-6-18(24,12-22)13-23-9-7-19-21-23/h2-5,7,9-10,24H,6,8,11-13H2,1H3. The lowest BCUT2D eigenvalue weighted by Gasteiger charge is -2.23. The SMILES string of the molecule is Cc1ccc2cc(CN3CCC(O)(Cn4ccnn4)C3)ccc2n1. The van der Waals surface area contributed by atoms with Crippen molar-refractivity contribution in [3.05, 3.63) is 54.0 Å². The topological polar surface area (TPSA) is 67.1 Å². The Labute approximate surface area is 140 Å². The molecule has 1 N–H and O–H groups in total. The minimum Gasteiger partial charge on any atom is -0.387 e. The summed E-state index contributed by atoms with van der Waals surface area (Å²) in [6.07, 6.45) is 4.18. The molecule has 4 rings (SSSR count). The monoisotopic (exact) mass is 323 g/mol.